The van der Waals surface area contributed by atoms with Gasteiger partial charge < -0.3 is 0 Å². The summed E-state index contributed by atoms with van der Waals surface area (Å²) in [6, 6.07) is 0. The van der Waals surface area contributed by atoms with Crippen LogP contribution in [0, 0.1) is 11.8 Å². The van der Waals surface area contributed by atoms with Crippen LogP contribution in [0.3, 0.4) is 0 Å². The summed E-state index contributed by atoms with van der Waals surface area (Å²) in [5.41, 5.74) is 0. The fourth-order valence-electron chi connectivity index (χ4n) is 1.91. The van der Waals surface area contributed by atoms with Crippen LogP contribution in [0.15, 0.2) is 0 Å². The summed E-state index contributed by atoms with van der Waals surface area (Å²) in [6.07, 6.45) is 3.78. The Hall–Kier alpha value is 0.700. The van der Waals surface area contributed by atoms with Crippen molar-refractivity contribution in [3.63, 3.8) is 0 Å². The van der Waals surface area contributed by atoms with E-state index in [0.717, 1.165) is 11.8 Å². The Balaban J connectivity index is 2.52. The highest BCUT2D eigenvalue weighted by molar-refractivity contribution is 7.85. The summed E-state index contributed by atoms with van der Waals surface area (Å²) < 4.78 is 0.161. The molecule has 0 saturated heterocycles. The van der Waals surface area contributed by atoms with Crippen LogP contribution in [-0.2, 0) is 0 Å². The smallest absolute Gasteiger partial charge is 0.0218 e. The lowest BCUT2D eigenvalue weighted by Crippen LogP contribution is -2.37. The minimum Gasteiger partial charge on any atom is -0.174 e. The molecule has 0 aromatic heterocycles. The average Bonchev–Trinajstić information content (AvgIpc) is 1.94. The first-order valence-electron chi connectivity index (χ1n) is 4.84. The fraction of sp³-hybridized carbons (Fsp3) is 1.00. The number of hydrogen-bond acceptors (Lipinski definition) is 2. The van der Waals surface area contributed by atoms with E-state index in [0.29, 0.717) is 5.25 Å². The molecule has 0 aromatic rings. The van der Waals surface area contributed by atoms with Gasteiger partial charge in [0.15, 0.2) is 0 Å². The van der Waals surface area contributed by atoms with E-state index in [1.807, 2.05) is 0 Å². The molecule has 0 nitrogen and oxygen atoms in total. The van der Waals surface area contributed by atoms with E-state index in [1.165, 1.54) is 19.3 Å². The van der Waals surface area contributed by atoms with Crippen LogP contribution in [0.2, 0.25) is 0 Å². The maximum absolute atomic E-state index is 4.65. The van der Waals surface area contributed by atoms with Crippen LogP contribution in [0.1, 0.15) is 40.0 Å². The van der Waals surface area contributed by atoms with Crippen LogP contribution >= 0.6 is 25.3 Å². The zero-order chi connectivity index (χ0) is 9.35. The molecule has 2 heteroatoms. The molecule has 0 aliphatic heterocycles. The second-order valence-corrected chi connectivity index (χ2v) is 6.30. The highest BCUT2D eigenvalue weighted by atomic mass is 32.1. The summed E-state index contributed by atoms with van der Waals surface area (Å²) in [6.45, 7) is 6.84. The molecule has 3 atom stereocenters. The third-order valence-electron chi connectivity index (χ3n) is 3.21. The van der Waals surface area contributed by atoms with Crippen molar-refractivity contribution in [2.75, 3.05) is 0 Å². The van der Waals surface area contributed by atoms with Gasteiger partial charge in [0.05, 0.1) is 0 Å². The van der Waals surface area contributed by atoms with Gasteiger partial charge in [-0.05, 0) is 38.0 Å². The van der Waals surface area contributed by atoms with Gasteiger partial charge in [-0.15, -0.1) is 0 Å². The molecule has 1 aliphatic rings. The molecule has 1 rings (SSSR count). The predicted molar refractivity (Wildman–Crippen MR) is 62.3 cm³/mol. The fourth-order valence-corrected chi connectivity index (χ4v) is 2.54. The molecule has 0 bridgehead atoms. The summed E-state index contributed by atoms with van der Waals surface area (Å²) in [4.78, 5) is 0. The highest BCUT2D eigenvalue weighted by Crippen LogP contribution is 2.41. The molecule has 1 saturated carbocycles. The molecule has 1 fully saturated rings. The second-order valence-electron chi connectivity index (χ2n) is 4.65. The molecule has 0 amide bonds. The third kappa shape index (κ3) is 2.35. The van der Waals surface area contributed by atoms with Gasteiger partial charge in [0.1, 0.15) is 0 Å². The van der Waals surface area contributed by atoms with Crippen LogP contribution in [0.4, 0.5) is 0 Å². The molecule has 1 aliphatic carbocycles. The number of hydrogen-bond donors (Lipinski definition) is 2. The van der Waals surface area contributed by atoms with Crippen molar-refractivity contribution in [3.05, 3.63) is 0 Å². The predicted octanol–water partition coefficient (Wildman–Crippen LogP) is 3.43. The lowest BCUT2D eigenvalue weighted by molar-refractivity contribution is 0.260. The summed E-state index contributed by atoms with van der Waals surface area (Å²) in [5.74, 6) is 1.68. The number of thiol groups is 2. The Morgan fingerprint density at radius 3 is 2.42 bits per heavy atom. The molecular weight excluding hydrogens is 184 g/mol. The van der Waals surface area contributed by atoms with Crippen molar-refractivity contribution < 1.29 is 0 Å². The lowest BCUT2D eigenvalue weighted by Gasteiger charge is -2.40. The Morgan fingerprint density at radius 1 is 1.42 bits per heavy atom. The van der Waals surface area contributed by atoms with Gasteiger partial charge in [-0.25, -0.2) is 0 Å². The molecular formula is C10H20S2. The quantitative estimate of drug-likeness (QED) is 0.601. The van der Waals surface area contributed by atoms with Crippen molar-refractivity contribution in [1.82, 2.24) is 0 Å². The topological polar surface area (TPSA) is 0 Å². The normalized spacial score (nSPS) is 43.5. The van der Waals surface area contributed by atoms with Gasteiger partial charge in [-0.1, -0.05) is 13.8 Å². The molecule has 12 heavy (non-hydrogen) atoms. The molecule has 0 spiro atoms. The van der Waals surface area contributed by atoms with E-state index in [1.54, 1.807) is 0 Å². The van der Waals surface area contributed by atoms with Crippen molar-refractivity contribution in [2.45, 2.75) is 50.0 Å². The minimum atomic E-state index is 0.161. The molecule has 0 radical (unpaired) electrons. The molecule has 72 valence electrons. The first-order chi connectivity index (χ1) is 5.43. The van der Waals surface area contributed by atoms with E-state index < -0.39 is 0 Å². The van der Waals surface area contributed by atoms with Crippen molar-refractivity contribution in [1.29, 1.82) is 0 Å². The van der Waals surface area contributed by atoms with Crippen molar-refractivity contribution in [2.24, 2.45) is 11.8 Å². The Kier molecular flexibility index (Phi) is 3.44. The van der Waals surface area contributed by atoms with Crippen LogP contribution in [-0.4, -0.2) is 10.00 Å². The monoisotopic (exact) mass is 204 g/mol. The van der Waals surface area contributed by atoms with Gasteiger partial charge >= 0.3 is 0 Å². The Labute approximate surface area is 87.3 Å². The zero-order valence-corrected chi connectivity index (χ0v) is 10.0. The summed E-state index contributed by atoms with van der Waals surface area (Å²) in [5, 5.41) is 0.474. The van der Waals surface area contributed by atoms with E-state index in [9.17, 15) is 0 Å². The van der Waals surface area contributed by atoms with E-state index >= 15 is 0 Å². The third-order valence-corrected chi connectivity index (χ3v) is 4.73. The van der Waals surface area contributed by atoms with Gasteiger partial charge in [-0.3, -0.25) is 0 Å². The van der Waals surface area contributed by atoms with Crippen molar-refractivity contribution in [3.8, 4) is 0 Å². The summed E-state index contributed by atoms with van der Waals surface area (Å²) in [7, 11) is 0. The molecule has 0 heterocycles. The van der Waals surface area contributed by atoms with E-state index in [-0.39, 0.29) is 4.75 Å². The Morgan fingerprint density at radius 2 is 2.00 bits per heavy atom. The van der Waals surface area contributed by atoms with Gasteiger partial charge in [0.2, 0.25) is 0 Å². The second kappa shape index (κ2) is 3.83. The highest BCUT2D eigenvalue weighted by Gasteiger charge is 2.35. The first kappa shape index (κ1) is 10.8. The van der Waals surface area contributed by atoms with Crippen molar-refractivity contribution >= 4 is 25.3 Å². The summed E-state index contributed by atoms with van der Waals surface area (Å²) >= 11 is 9.26. The molecule has 0 N–H and O–H groups in total. The zero-order valence-electron chi connectivity index (χ0n) is 8.25. The maximum Gasteiger partial charge on any atom is 0.0218 e. The lowest BCUT2D eigenvalue weighted by atomic mass is 9.77. The van der Waals surface area contributed by atoms with Crippen LogP contribution in [0.5, 0.6) is 0 Å². The molecule has 0 aromatic carbocycles. The van der Waals surface area contributed by atoms with Gasteiger partial charge in [0.25, 0.3) is 0 Å². The van der Waals surface area contributed by atoms with E-state index in [2.05, 4.69) is 46.0 Å². The minimum absolute atomic E-state index is 0.161. The van der Waals surface area contributed by atoms with Gasteiger partial charge in [-0.2, -0.15) is 25.3 Å². The SMILES string of the molecule is CC(C)C1CCC(C)(S)C(S)C1. The maximum atomic E-state index is 4.65. The number of rotatable bonds is 1. The van der Waals surface area contributed by atoms with E-state index in [4.69, 9.17) is 0 Å². The molecule has 3 unspecified atom stereocenters. The van der Waals surface area contributed by atoms with Crippen LogP contribution < -0.4 is 0 Å². The van der Waals surface area contributed by atoms with Gasteiger partial charge in [0, 0.05) is 10.00 Å². The standard InChI is InChI=1S/C10H20S2/c1-7(2)8-4-5-10(3,12)9(11)6-8/h7-9,11-12H,4-6H2,1-3H3. The average molecular weight is 204 g/mol. The first-order valence-corrected chi connectivity index (χ1v) is 5.80. The Bertz CT molecular complexity index is 152. The largest absolute Gasteiger partial charge is 0.174 e. The van der Waals surface area contributed by atoms with Crippen LogP contribution in [0.25, 0.3) is 0 Å².